The zero-order chi connectivity index (χ0) is 23.7. The van der Waals surface area contributed by atoms with Gasteiger partial charge in [-0.3, -0.25) is 4.79 Å². The Bertz CT molecular complexity index is 505. The lowest BCUT2D eigenvalue weighted by Gasteiger charge is -2.13. The van der Waals surface area contributed by atoms with E-state index < -0.39 is 12.0 Å². The smallest absolute Gasteiger partial charge is 0.326 e. The van der Waals surface area contributed by atoms with Crippen molar-refractivity contribution in [1.29, 1.82) is 0 Å². The fourth-order valence-electron chi connectivity index (χ4n) is 3.56. The number of carbonyl (C=O) groups is 2. The van der Waals surface area contributed by atoms with Gasteiger partial charge in [-0.25, -0.2) is 4.79 Å². The van der Waals surface area contributed by atoms with Gasteiger partial charge in [-0.1, -0.05) is 89.0 Å². The molecule has 0 aliphatic rings. The van der Waals surface area contributed by atoms with E-state index in [1.165, 1.54) is 70.6 Å². The highest BCUT2D eigenvalue weighted by Gasteiger charge is 2.18. The van der Waals surface area contributed by atoms with Crippen LogP contribution in [-0.2, 0) is 9.59 Å². The van der Waals surface area contributed by atoms with E-state index in [0.717, 1.165) is 31.4 Å². The van der Waals surface area contributed by atoms with Crippen molar-refractivity contribution in [2.75, 3.05) is 12.0 Å². The highest BCUT2D eigenvalue weighted by Crippen LogP contribution is 2.12. The number of carboxylic acid groups (broad SMARTS) is 1. The Hall–Kier alpha value is -1.23. The average molecular weight is 468 g/mol. The molecule has 0 saturated carbocycles. The Morgan fingerprint density at radius 2 is 1.34 bits per heavy atom. The van der Waals surface area contributed by atoms with Crippen molar-refractivity contribution in [2.45, 2.75) is 122 Å². The van der Waals surface area contributed by atoms with Gasteiger partial charge in [-0.2, -0.15) is 11.8 Å². The Balaban J connectivity index is 3.42. The monoisotopic (exact) mass is 467 g/mol. The number of carboxylic acids is 1. The third-order valence-corrected chi connectivity index (χ3v) is 6.24. The van der Waals surface area contributed by atoms with E-state index in [0.29, 0.717) is 12.8 Å². The molecule has 0 aromatic heterocycles. The van der Waals surface area contributed by atoms with Crippen LogP contribution in [0.25, 0.3) is 0 Å². The molecule has 0 aromatic rings. The second kappa shape index (κ2) is 24.4. The van der Waals surface area contributed by atoms with Gasteiger partial charge in [0, 0.05) is 6.42 Å². The summed E-state index contributed by atoms with van der Waals surface area (Å²) in [6.07, 6.45) is 30.4. The van der Waals surface area contributed by atoms with Crippen LogP contribution >= 0.6 is 11.8 Å². The van der Waals surface area contributed by atoms with Crippen molar-refractivity contribution >= 4 is 23.6 Å². The molecule has 0 spiro atoms. The van der Waals surface area contributed by atoms with Crippen molar-refractivity contribution in [3.05, 3.63) is 24.3 Å². The van der Waals surface area contributed by atoms with E-state index in [4.69, 9.17) is 5.11 Å². The minimum atomic E-state index is -0.936. The molecule has 0 saturated heterocycles. The lowest BCUT2D eigenvalue weighted by Crippen LogP contribution is -2.41. The summed E-state index contributed by atoms with van der Waals surface area (Å²) < 4.78 is 0. The lowest BCUT2D eigenvalue weighted by molar-refractivity contribution is -0.141. The Labute approximate surface area is 202 Å². The second-order valence-corrected chi connectivity index (χ2v) is 9.62. The van der Waals surface area contributed by atoms with E-state index in [-0.39, 0.29) is 5.91 Å². The SMILES string of the molecule is CCCCC/C=C\C/C=C\CCCCCCCCCCCC(=O)N[C@@H](CCSC)C(=O)O. The molecule has 0 aromatic carbocycles. The first-order valence-electron chi connectivity index (χ1n) is 12.9. The standard InChI is InChI=1S/C27H49NO3S/c1-3-4-5-6-7-8-9-10-11-12-13-14-15-16-17-18-19-20-21-22-26(29)28-25(27(30)31)23-24-32-2/h7-8,10-11,25H,3-6,9,12-24H2,1-2H3,(H,28,29)(H,30,31)/b8-7-,11-10-/t25-/m0/s1. The lowest BCUT2D eigenvalue weighted by atomic mass is 10.1. The van der Waals surface area contributed by atoms with Crippen molar-refractivity contribution in [1.82, 2.24) is 5.32 Å². The van der Waals surface area contributed by atoms with Gasteiger partial charge in [0.25, 0.3) is 0 Å². The molecule has 4 nitrogen and oxygen atoms in total. The Morgan fingerprint density at radius 1 is 0.812 bits per heavy atom. The van der Waals surface area contributed by atoms with Gasteiger partial charge in [0.2, 0.25) is 5.91 Å². The minimum Gasteiger partial charge on any atom is -0.480 e. The van der Waals surface area contributed by atoms with Crippen molar-refractivity contribution in [2.24, 2.45) is 0 Å². The summed E-state index contributed by atoms with van der Waals surface area (Å²) >= 11 is 1.60. The molecule has 0 unspecified atom stereocenters. The second-order valence-electron chi connectivity index (χ2n) is 8.63. The van der Waals surface area contributed by atoms with Crippen LogP contribution in [0.2, 0.25) is 0 Å². The number of thioether (sulfide) groups is 1. The van der Waals surface area contributed by atoms with Gasteiger partial charge in [0.1, 0.15) is 6.04 Å². The molecule has 0 rings (SSSR count). The van der Waals surface area contributed by atoms with Gasteiger partial charge in [0.15, 0.2) is 0 Å². The molecule has 2 N–H and O–H groups in total. The third kappa shape index (κ3) is 22.0. The van der Waals surface area contributed by atoms with Crippen LogP contribution in [0.3, 0.4) is 0 Å². The molecule has 0 aliphatic carbocycles. The molecule has 0 aliphatic heterocycles. The van der Waals surface area contributed by atoms with Gasteiger partial charge in [-0.05, 0) is 57.0 Å². The van der Waals surface area contributed by atoms with Gasteiger partial charge in [0.05, 0.1) is 0 Å². The number of unbranched alkanes of at least 4 members (excludes halogenated alkanes) is 12. The van der Waals surface area contributed by atoms with Crippen molar-refractivity contribution in [3.8, 4) is 0 Å². The topological polar surface area (TPSA) is 66.4 Å². The zero-order valence-corrected chi connectivity index (χ0v) is 21.6. The fraction of sp³-hybridized carbons (Fsp3) is 0.778. The Morgan fingerprint density at radius 3 is 1.88 bits per heavy atom. The number of rotatable bonds is 23. The predicted octanol–water partition coefficient (Wildman–Crippen LogP) is 7.68. The van der Waals surface area contributed by atoms with Crippen LogP contribution in [0.5, 0.6) is 0 Å². The molecule has 1 amide bonds. The summed E-state index contributed by atoms with van der Waals surface area (Å²) in [7, 11) is 0. The average Bonchev–Trinajstić information content (AvgIpc) is 2.78. The van der Waals surface area contributed by atoms with Crippen LogP contribution in [0.1, 0.15) is 116 Å². The molecule has 0 radical (unpaired) electrons. The van der Waals surface area contributed by atoms with E-state index >= 15 is 0 Å². The fourth-order valence-corrected chi connectivity index (χ4v) is 4.04. The summed E-state index contributed by atoms with van der Waals surface area (Å²) in [6.45, 7) is 2.24. The zero-order valence-electron chi connectivity index (χ0n) is 20.8. The minimum absolute atomic E-state index is 0.129. The number of carbonyl (C=O) groups excluding carboxylic acids is 1. The number of hydrogen-bond donors (Lipinski definition) is 2. The molecule has 0 heterocycles. The van der Waals surface area contributed by atoms with E-state index in [1.807, 2.05) is 6.26 Å². The van der Waals surface area contributed by atoms with E-state index in [2.05, 4.69) is 36.5 Å². The first-order valence-corrected chi connectivity index (χ1v) is 14.3. The van der Waals surface area contributed by atoms with Crippen LogP contribution in [0, 0.1) is 0 Å². The summed E-state index contributed by atoms with van der Waals surface area (Å²) in [5, 5.41) is 11.8. The molecular formula is C27H49NO3S. The number of hydrogen-bond acceptors (Lipinski definition) is 3. The first-order chi connectivity index (χ1) is 15.6. The van der Waals surface area contributed by atoms with Gasteiger partial charge < -0.3 is 10.4 Å². The van der Waals surface area contributed by atoms with Crippen molar-refractivity contribution < 1.29 is 14.7 Å². The third-order valence-electron chi connectivity index (χ3n) is 5.60. The van der Waals surface area contributed by atoms with Crippen molar-refractivity contribution in [3.63, 3.8) is 0 Å². The van der Waals surface area contributed by atoms with Crippen LogP contribution in [0.15, 0.2) is 24.3 Å². The van der Waals surface area contributed by atoms with Crippen LogP contribution in [0.4, 0.5) is 0 Å². The van der Waals surface area contributed by atoms with Crippen LogP contribution in [-0.4, -0.2) is 35.0 Å². The maximum Gasteiger partial charge on any atom is 0.326 e. The Kier molecular flexibility index (Phi) is 23.5. The van der Waals surface area contributed by atoms with Crippen LogP contribution < -0.4 is 5.32 Å². The van der Waals surface area contributed by atoms with Gasteiger partial charge in [-0.15, -0.1) is 0 Å². The molecule has 32 heavy (non-hydrogen) atoms. The summed E-state index contributed by atoms with van der Waals surface area (Å²) in [6, 6.07) is -0.748. The molecule has 1 atom stereocenters. The molecular weight excluding hydrogens is 418 g/mol. The quantitative estimate of drug-likeness (QED) is 0.119. The maximum atomic E-state index is 11.9. The van der Waals surface area contributed by atoms with E-state index in [9.17, 15) is 9.59 Å². The number of aliphatic carboxylic acids is 1. The summed E-state index contributed by atoms with van der Waals surface area (Å²) in [4.78, 5) is 23.1. The summed E-state index contributed by atoms with van der Waals surface area (Å²) in [5.74, 6) is -0.325. The normalized spacial score (nSPS) is 12.6. The predicted molar refractivity (Wildman–Crippen MR) is 140 cm³/mol. The molecule has 0 fully saturated rings. The number of allylic oxidation sites excluding steroid dienone is 4. The summed E-state index contributed by atoms with van der Waals surface area (Å²) in [5.41, 5.74) is 0. The largest absolute Gasteiger partial charge is 0.480 e. The van der Waals surface area contributed by atoms with Gasteiger partial charge >= 0.3 is 5.97 Å². The molecule has 5 heteroatoms. The molecule has 0 bridgehead atoms. The number of nitrogens with one attached hydrogen (secondary N) is 1. The van der Waals surface area contributed by atoms with E-state index in [1.54, 1.807) is 11.8 Å². The highest BCUT2D eigenvalue weighted by molar-refractivity contribution is 7.98. The maximum absolute atomic E-state index is 11.9. The number of amides is 1. The molecule has 186 valence electrons. The highest BCUT2D eigenvalue weighted by atomic mass is 32.2. The first kappa shape index (κ1) is 30.8.